The first-order chi connectivity index (χ1) is 16.4. The number of piperidine rings is 1. The maximum atomic E-state index is 15.3. The molecular formula is C25H30FN5O2S. The summed E-state index contributed by atoms with van der Waals surface area (Å²) in [5.74, 6) is -0.367. The maximum absolute atomic E-state index is 15.3. The maximum Gasteiger partial charge on any atom is 0.221 e. The Balaban J connectivity index is 1.34. The van der Waals surface area contributed by atoms with Crippen LogP contribution in [0.1, 0.15) is 55.0 Å². The molecule has 2 aliphatic heterocycles. The average Bonchev–Trinajstić information content (AvgIpc) is 3.38. The zero-order chi connectivity index (χ0) is 23.7. The van der Waals surface area contributed by atoms with Gasteiger partial charge in [-0.25, -0.2) is 12.8 Å². The van der Waals surface area contributed by atoms with E-state index in [4.69, 9.17) is 0 Å². The lowest BCUT2D eigenvalue weighted by Crippen LogP contribution is -2.44. The summed E-state index contributed by atoms with van der Waals surface area (Å²) in [6.07, 6.45) is 6.80. The second kappa shape index (κ2) is 9.46. The van der Waals surface area contributed by atoms with Crippen molar-refractivity contribution in [2.24, 2.45) is 0 Å². The van der Waals surface area contributed by atoms with Crippen molar-refractivity contribution in [3.8, 4) is 0 Å². The van der Waals surface area contributed by atoms with Crippen LogP contribution in [0.2, 0.25) is 0 Å². The van der Waals surface area contributed by atoms with Crippen LogP contribution in [0, 0.1) is 5.82 Å². The molecule has 3 heterocycles. The highest BCUT2D eigenvalue weighted by atomic mass is 32.2. The summed E-state index contributed by atoms with van der Waals surface area (Å²) in [5, 5.41) is 7.21. The Morgan fingerprint density at radius 2 is 1.79 bits per heavy atom. The number of anilines is 1. The first-order valence-corrected chi connectivity index (χ1v) is 13.4. The average molecular weight is 484 g/mol. The van der Waals surface area contributed by atoms with E-state index in [9.17, 15) is 8.42 Å². The SMILES string of the molecule is C[C@H]1CC[C@H](c2ccccc2)S(=O)(=O)N1Cc1ccc(N2CCCC(n3cnnc3)C2)cc1F. The van der Waals surface area contributed by atoms with Crippen molar-refractivity contribution in [3.05, 3.63) is 78.1 Å². The summed E-state index contributed by atoms with van der Waals surface area (Å²) in [5.41, 5.74) is 2.01. The number of nitrogens with zero attached hydrogens (tertiary/aromatic N) is 5. The molecule has 2 fully saturated rings. The van der Waals surface area contributed by atoms with Gasteiger partial charge in [0.25, 0.3) is 0 Å². The Morgan fingerprint density at radius 1 is 1.03 bits per heavy atom. The summed E-state index contributed by atoms with van der Waals surface area (Å²) in [7, 11) is -3.60. The van der Waals surface area contributed by atoms with Crippen molar-refractivity contribution in [1.82, 2.24) is 19.1 Å². The summed E-state index contributed by atoms with van der Waals surface area (Å²) in [6, 6.07) is 14.6. The molecule has 9 heteroatoms. The summed E-state index contributed by atoms with van der Waals surface area (Å²) in [4.78, 5) is 2.17. The van der Waals surface area contributed by atoms with Gasteiger partial charge in [0.1, 0.15) is 23.7 Å². The lowest BCUT2D eigenvalue weighted by atomic mass is 10.0. The van der Waals surface area contributed by atoms with Crippen molar-refractivity contribution in [2.45, 2.75) is 56.5 Å². The molecule has 0 bridgehead atoms. The topological polar surface area (TPSA) is 71.3 Å². The second-order valence-corrected chi connectivity index (χ2v) is 11.4. The fourth-order valence-corrected chi connectivity index (χ4v) is 7.40. The first kappa shape index (κ1) is 23.0. The third-order valence-corrected chi connectivity index (χ3v) is 9.55. The molecule has 2 aromatic carbocycles. The molecule has 0 saturated carbocycles. The van der Waals surface area contributed by atoms with Gasteiger partial charge in [0.15, 0.2) is 0 Å². The third kappa shape index (κ3) is 4.46. The fraction of sp³-hybridized carbons (Fsp3) is 0.440. The zero-order valence-electron chi connectivity index (χ0n) is 19.3. The molecule has 5 rings (SSSR count). The van der Waals surface area contributed by atoms with Crippen LogP contribution < -0.4 is 4.90 Å². The van der Waals surface area contributed by atoms with E-state index in [1.165, 1.54) is 4.31 Å². The largest absolute Gasteiger partial charge is 0.369 e. The highest BCUT2D eigenvalue weighted by Crippen LogP contribution is 2.38. The summed E-state index contributed by atoms with van der Waals surface area (Å²) >= 11 is 0. The van der Waals surface area contributed by atoms with Crippen molar-refractivity contribution in [2.75, 3.05) is 18.0 Å². The molecule has 180 valence electrons. The van der Waals surface area contributed by atoms with E-state index in [0.717, 1.165) is 43.6 Å². The van der Waals surface area contributed by atoms with Gasteiger partial charge in [-0.1, -0.05) is 36.4 Å². The van der Waals surface area contributed by atoms with Crippen molar-refractivity contribution < 1.29 is 12.8 Å². The lowest BCUT2D eigenvalue weighted by molar-refractivity contribution is 0.279. The van der Waals surface area contributed by atoms with E-state index in [-0.39, 0.29) is 24.4 Å². The molecule has 2 saturated heterocycles. The van der Waals surface area contributed by atoms with Crippen LogP contribution in [-0.4, -0.2) is 46.6 Å². The molecule has 1 aromatic heterocycles. The minimum atomic E-state index is -3.60. The highest BCUT2D eigenvalue weighted by Gasteiger charge is 2.40. The number of benzene rings is 2. The quantitative estimate of drug-likeness (QED) is 0.541. The number of rotatable bonds is 5. The third-order valence-electron chi connectivity index (χ3n) is 7.18. The fourth-order valence-electron chi connectivity index (χ4n) is 5.21. The van der Waals surface area contributed by atoms with Gasteiger partial charge >= 0.3 is 0 Å². The zero-order valence-corrected chi connectivity index (χ0v) is 20.1. The molecule has 34 heavy (non-hydrogen) atoms. The van der Waals surface area contributed by atoms with E-state index in [1.807, 2.05) is 47.9 Å². The van der Waals surface area contributed by atoms with Gasteiger partial charge < -0.3 is 9.47 Å². The monoisotopic (exact) mass is 483 g/mol. The van der Waals surface area contributed by atoms with Gasteiger partial charge in [-0.2, -0.15) is 4.31 Å². The van der Waals surface area contributed by atoms with Crippen molar-refractivity contribution in [3.63, 3.8) is 0 Å². The predicted molar refractivity (Wildman–Crippen MR) is 129 cm³/mol. The Hall–Kier alpha value is -2.78. The normalized spacial score (nSPS) is 25.4. The van der Waals surface area contributed by atoms with E-state index in [2.05, 4.69) is 15.1 Å². The second-order valence-electron chi connectivity index (χ2n) is 9.34. The molecule has 7 nitrogen and oxygen atoms in total. The first-order valence-electron chi connectivity index (χ1n) is 11.9. The number of halogens is 1. The van der Waals surface area contributed by atoms with Crippen LogP contribution in [0.3, 0.4) is 0 Å². The Bertz CT molecular complexity index is 1220. The number of sulfonamides is 1. The molecule has 3 aromatic rings. The molecule has 2 aliphatic rings. The van der Waals surface area contributed by atoms with E-state index in [0.29, 0.717) is 12.0 Å². The van der Waals surface area contributed by atoms with Crippen LogP contribution in [0.15, 0.2) is 61.2 Å². The molecule has 0 amide bonds. The van der Waals surface area contributed by atoms with Gasteiger partial charge in [0, 0.05) is 36.9 Å². The van der Waals surface area contributed by atoms with Crippen LogP contribution in [0.4, 0.5) is 10.1 Å². The molecule has 1 unspecified atom stereocenters. The molecule has 3 atom stereocenters. The van der Waals surface area contributed by atoms with Gasteiger partial charge in [0.05, 0.1) is 6.04 Å². The van der Waals surface area contributed by atoms with Crippen molar-refractivity contribution in [1.29, 1.82) is 0 Å². The molecule has 0 N–H and O–H groups in total. The molecule has 0 radical (unpaired) electrons. The number of hydrogen-bond donors (Lipinski definition) is 0. The minimum Gasteiger partial charge on any atom is -0.369 e. The van der Waals surface area contributed by atoms with E-state index >= 15 is 4.39 Å². The number of hydrogen-bond acceptors (Lipinski definition) is 5. The molecule has 0 spiro atoms. The van der Waals surface area contributed by atoms with E-state index in [1.54, 1.807) is 24.8 Å². The van der Waals surface area contributed by atoms with Gasteiger partial charge in [0.2, 0.25) is 10.0 Å². The van der Waals surface area contributed by atoms with Crippen LogP contribution >= 0.6 is 0 Å². The van der Waals surface area contributed by atoms with Gasteiger partial charge in [-0.3, -0.25) is 0 Å². The Kier molecular flexibility index (Phi) is 6.40. The van der Waals surface area contributed by atoms with Crippen LogP contribution in [0.25, 0.3) is 0 Å². The minimum absolute atomic E-state index is 0.0439. The Morgan fingerprint density at radius 3 is 2.53 bits per heavy atom. The molecular weight excluding hydrogens is 453 g/mol. The van der Waals surface area contributed by atoms with Gasteiger partial charge in [-0.15, -0.1) is 10.2 Å². The predicted octanol–water partition coefficient (Wildman–Crippen LogP) is 4.31. The highest BCUT2D eigenvalue weighted by molar-refractivity contribution is 7.89. The standard InChI is InChI=1S/C25H30FN5O2S/c1-19-9-12-25(20-6-3-2-4-7-20)34(32,33)31(19)15-21-10-11-22(14-24(21)26)29-13-5-8-23(16-29)30-17-27-28-18-30/h2-4,6-7,10-11,14,17-19,23,25H,5,8-9,12-13,15-16H2,1H3/t19-,23?,25+/m0/s1. The number of aromatic nitrogens is 3. The van der Waals surface area contributed by atoms with Crippen LogP contribution in [-0.2, 0) is 16.6 Å². The Labute approximate surface area is 200 Å². The summed E-state index contributed by atoms with van der Waals surface area (Å²) in [6.45, 7) is 3.56. The summed E-state index contributed by atoms with van der Waals surface area (Å²) < 4.78 is 45.7. The van der Waals surface area contributed by atoms with E-state index < -0.39 is 15.3 Å². The van der Waals surface area contributed by atoms with Crippen LogP contribution in [0.5, 0.6) is 0 Å². The lowest BCUT2D eigenvalue weighted by Gasteiger charge is -2.38. The smallest absolute Gasteiger partial charge is 0.221 e. The molecule has 0 aliphatic carbocycles. The van der Waals surface area contributed by atoms with Crippen molar-refractivity contribution >= 4 is 15.7 Å². The van der Waals surface area contributed by atoms with Gasteiger partial charge in [-0.05, 0) is 50.3 Å².